The van der Waals surface area contributed by atoms with Crippen LogP contribution in [0.15, 0.2) is 36.9 Å². The highest BCUT2D eigenvalue weighted by Gasteiger charge is 2.11. The van der Waals surface area contributed by atoms with E-state index in [1.807, 2.05) is 12.1 Å². The summed E-state index contributed by atoms with van der Waals surface area (Å²) in [6.45, 7) is 6.52. The van der Waals surface area contributed by atoms with E-state index in [9.17, 15) is 5.11 Å². The quantitative estimate of drug-likeness (QED) is 0.434. The molecule has 0 aliphatic rings. The van der Waals surface area contributed by atoms with Crippen LogP contribution < -0.4 is 0 Å². The van der Waals surface area contributed by atoms with Crippen molar-refractivity contribution in [1.82, 2.24) is 0 Å². The van der Waals surface area contributed by atoms with E-state index in [-0.39, 0.29) is 6.10 Å². The zero-order valence-electron chi connectivity index (χ0n) is 12.7. The lowest BCUT2D eigenvalue weighted by atomic mass is 10.0. The van der Waals surface area contributed by atoms with Crippen molar-refractivity contribution in [1.29, 1.82) is 0 Å². The number of ether oxygens (including phenoxy) is 1. The average Bonchev–Trinajstić information content (AvgIpc) is 2.47. The molecule has 1 aromatic carbocycles. The zero-order valence-corrected chi connectivity index (χ0v) is 12.7. The van der Waals surface area contributed by atoms with Crippen LogP contribution in [-0.4, -0.2) is 11.7 Å². The molecule has 0 spiro atoms. The number of phenols is 1. The summed E-state index contributed by atoms with van der Waals surface area (Å²) in [7, 11) is 0. The molecule has 1 N–H and O–H groups in total. The van der Waals surface area contributed by atoms with E-state index < -0.39 is 0 Å². The molecule has 0 saturated carbocycles. The molecule has 1 unspecified atom stereocenters. The first-order valence-electron chi connectivity index (χ1n) is 7.79. The lowest BCUT2D eigenvalue weighted by molar-refractivity contribution is 0.0654. The molecule has 1 atom stereocenters. The summed E-state index contributed by atoms with van der Waals surface area (Å²) in [6, 6.07) is 7.34. The van der Waals surface area contributed by atoms with E-state index in [1.165, 1.54) is 38.5 Å². The smallest absolute Gasteiger partial charge is 0.115 e. The van der Waals surface area contributed by atoms with Gasteiger partial charge in [0.2, 0.25) is 0 Å². The Morgan fingerprint density at radius 2 is 1.75 bits per heavy atom. The number of aromatic hydroxyl groups is 1. The molecule has 20 heavy (non-hydrogen) atoms. The second-order valence-corrected chi connectivity index (χ2v) is 5.26. The predicted octanol–water partition coefficient (Wildman–Crippen LogP) is 5.39. The van der Waals surface area contributed by atoms with E-state index >= 15 is 0 Å². The van der Waals surface area contributed by atoms with Crippen molar-refractivity contribution in [3.63, 3.8) is 0 Å². The molecule has 0 fully saturated rings. The Kier molecular flexibility index (Phi) is 8.81. The van der Waals surface area contributed by atoms with Gasteiger partial charge in [-0.2, -0.15) is 0 Å². The summed E-state index contributed by atoms with van der Waals surface area (Å²) in [5.41, 5.74) is 1.14. The van der Waals surface area contributed by atoms with Crippen LogP contribution in [0.3, 0.4) is 0 Å². The van der Waals surface area contributed by atoms with E-state index in [1.54, 1.807) is 18.2 Å². The number of phenolic OH excluding ortho intramolecular Hbond substituents is 1. The minimum absolute atomic E-state index is 0.111. The minimum Gasteiger partial charge on any atom is -0.508 e. The second kappa shape index (κ2) is 10.5. The van der Waals surface area contributed by atoms with Gasteiger partial charge in [-0.3, -0.25) is 0 Å². The van der Waals surface area contributed by atoms with E-state index in [4.69, 9.17) is 4.74 Å². The van der Waals surface area contributed by atoms with Gasteiger partial charge in [-0.05, 0) is 24.1 Å². The van der Waals surface area contributed by atoms with Crippen molar-refractivity contribution in [2.45, 2.75) is 58.0 Å². The largest absolute Gasteiger partial charge is 0.508 e. The van der Waals surface area contributed by atoms with Gasteiger partial charge in [-0.15, -0.1) is 6.58 Å². The molecule has 112 valence electrons. The summed E-state index contributed by atoms with van der Waals surface area (Å²) < 4.78 is 5.85. The van der Waals surface area contributed by atoms with Crippen molar-refractivity contribution in [3.05, 3.63) is 42.5 Å². The van der Waals surface area contributed by atoms with E-state index in [0.717, 1.165) is 12.0 Å². The Bertz CT molecular complexity index is 356. The molecular formula is C18H28O2. The number of rotatable bonds is 11. The van der Waals surface area contributed by atoms with E-state index in [2.05, 4.69) is 13.5 Å². The lowest BCUT2D eigenvalue weighted by Crippen LogP contribution is -2.04. The highest BCUT2D eigenvalue weighted by Crippen LogP contribution is 2.25. The van der Waals surface area contributed by atoms with Gasteiger partial charge >= 0.3 is 0 Å². The standard InChI is InChI=1S/C18H28O2/c1-3-5-6-7-8-9-10-18(20-15-4-2)16-11-13-17(19)14-12-16/h4,11-14,18-19H,2-3,5-10,15H2,1H3. The van der Waals surface area contributed by atoms with Crippen LogP contribution in [-0.2, 0) is 4.74 Å². The van der Waals surface area contributed by atoms with Crippen LogP contribution in [0.2, 0.25) is 0 Å². The third kappa shape index (κ3) is 6.76. The van der Waals surface area contributed by atoms with Gasteiger partial charge in [0.25, 0.3) is 0 Å². The number of hydrogen-bond donors (Lipinski definition) is 1. The highest BCUT2D eigenvalue weighted by atomic mass is 16.5. The topological polar surface area (TPSA) is 29.5 Å². The molecule has 0 aromatic heterocycles. The summed E-state index contributed by atoms with van der Waals surface area (Å²) in [4.78, 5) is 0. The maximum atomic E-state index is 9.35. The number of hydrogen-bond acceptors (Lipinski definition) is 2. The zero-order chi connectivity index (χ0) is 14.6. The van der Waals surface area contributed by atoms with E-state index in [0.29, 0.717) is 12.4 Å². The molecule has 0 amide bonds. The molecule has 0 radical (unpaired) electrons. The molecule has 2 nitrogen and oxygen atoms in total. The van der Waals surface area contributed by atoms with Gasteiger partial charge < -0.3 is 9.84 Å². The highest BCUT2D eigenvalue weighted by molar-refractivity contribution is 5.27. The maximum absolute atomic E-state index is 9.35. The van der Waals surface area contributed by atoms with Crippen molar-refractivity contribution >= 4 is 0 Å². The third-order valence-corrected chi connectivity index (χ3v) is 3.50. The fourth-order valence-corrected chi connectivity index (χ4v) is 2.33. The van der Waals surface area contributed by atoms with Crippen molar-refractivity contribution in [3.8, 4) is 5.75 Å². The Labute approximate surface area is 123 Å². The Morgan fingerprint density at radius 3 is 2.40 bits per heavy atom. The monoisotopic (exact) mass is 276 g/mol. The van der Waals surface area contributed by atoms with Gasteiger partial charge in [-0.25, -0.2) is 0 Å². The molecule has 0 heterocycles. The van der Waals surface area contributed by atoms with Gasteiger partial charge in [0.05, 0.1) is 12.7 Å². The third-order valence-electron chi connectivity index (χ3n) is 3.50. The Morgan fingerprint density at radius 1 is 1.10 bits per heavy atom. The molecular weight excluding hydrogens is 248 g/mol. The first-order chi connectivity index (χ1) is 9.77. The summed E-state index contributed by atoms with van der Waals surface area (Å²) >= 11 is 0. The Balaban J connectivity index is 2.39. The van der Waals surface area contributed by atoms with Crippen molar-refractivity contribution in [2.75, 3.05) is 6.61 Å². The average molecular weight is 276 g/mol. The number of benzene rings is 1. The predicted molar refractivity (Wildman–Crippen MR) is 85.0 cm³/mol. The molecule has 2 heteroatoms. The van der Waals surface area contributed by atoms with Crippen LogP contribution >= 0.6 is 0 Å². The fraction of sp³-hybridized carbons (Fsp3) is 0.556. The molecule has 1 rings (SSSR count). The molecule has 0 aliphatic carbocycles. The van der Waals surface area contributed by atoms with Crippen LogP contribution in [0.1, 0.15) is 63.5 Å². The molecule has 0 bridgehead atoms. The first kappa shape index (κ1) is 16.8. The Hall–Kier alpha value is -1.28. The minimum atomic E-state index is 0.111. The first-order valence-corrected chi connectivity index (χ1v) is 7.79. The van der Waals surface area contributed by atoms with Gasteiger partial charge in [0.15, 0.2) is 0 Å². The van der Waals surface area contributed by atoms with Crippen LogP contribution in [0.4, 0.5) is 0 Å². The lowest BCUT2D eigenvalue weighted by Gasteiger charge is -2.17. The number of unbranched alkanes of at least 4 members (excludes halogenated alkanes) is 5. The maximum Gasteiger partial charge on any atom is 0.115 e. The van der Waals surface area contributed by atoms with Gasteiger partial charge in [-0.1, -0.05) is 63.7 Å². The van der Waals surface area contributed by atoms with Gasteiger partial charge in [0.1, 0.15) is 5.75 Å². The van der Waals surface area contributed by atoms with Crippen LogP contribution in [0.25, 0.3) is 0 Å². The van der Waals surface area contributed by atoms with Crippen molar-refractivity contribution in [2.24, 2.45) is 0 Å². The second-order valence-electron chi connectivity index (χ2n) is 5.26. The summed E-state index contributed by atoms with van der Waals surface area (Å²) in [5.74, 6) is 0.302. The molecule has 0 saturated heterocycles. The normalized spacial score (nSPS) is 12.2. The van der Waals surface area contributed by atoms with Crippen molar-refractivity contribution < 1.29 is 9.84 Å². The summed E-state index contributed by atoms with van der Waals surface area (Å²) in [6.07, 6.45) is 10.7. The molecule has 0 aliphatic heterocycles. The summed E-state index contributed by atoms with van der Waals surface area (Å²) in [5, 5.41) is 9.35. The SMILES string of the molecule is C=CCOC(CCCCCCCC)c1ccc(O)cc1. The fourth-order valence-electron chi connectivity index (χ4n) is 2.33. The van der Waals surface area contributed by atoms with Gasteiger partial charge in [0, 0.05) is 0 Å². The van der Waals surface area contributed by atoms with Crippen LogP contribution in [0, 0.1) is 0 Å². The van der Waals surface area contributed by atoms with Crippen LogP contribution in [0.5, 0.6) is 5.75 Å². The molecule has 1 aromatic rings.